The smallest absolute Gasteiger partial charge is 0.188 e. The van der Waals surface area contributed by atoms with Gasteiger partial charge in [-0.25, -0.2) is 4.98 Å². The number of aliphatic imine (C=N–C) groups is 1. The number of hydrogen-bond acceptors (Lipinski definition) is 2. The lowest BCUT2D eigenvalue weighted by molar-refractivity contribution is 0.326. The molecule has 1 aliphatic rings. The molecule has 1 saturated carbocycles. The molecular formula is C15H21N5. The highest BCUT2D eigenvalue weighted by atomic mass is 15.1. The molecule has 1 aliphatic carbocycles. The van der Waals surface area contributed by atoms with Crippen molar-refractivity contribution in [2.75, 3.05) is 13.1 Å². The number of guanidine groups is 1. The predicted octanol–water partition coefficient (Wildman–Crippen LogP) is 1.81. The van der Waals surface area contributed by atoms with E-state index in [0.29, 0.717) is 5.96 Å². The highest BCUT2D eigenvalue weighted by Gasteiger charge is 2.16. The second-order valence-electron chi connectivity index (χ2n) is 5.40. The lowest BCUT2D eigenvalue weighted by Crippen LogP contribution is -2.34. The molecule has 1 fully saturated rings. The molecule has 0 radical (unpaired) electrons. The molecule has 0 saturated heterocycles. The number of rotatable bonds is 5. The molecule has 0 amide bonds. The fraction of sp³-hybridized carbons (Fsp3) is 0.467. The number of aromatic nitrogens is 2. The van der Waals surface area contributed by atoms with E-state index in [0.717, 1.165) is 42.3 Å². The maximum Gasteiger partial charge on any atom is 0.188 e. The largest absolute Gasteiger partial charge is 0.370 e. The van der Waals surface area contributed by atoms with Gasteiger partial charge >= 0.3 is 0 Å². The van der Waals surface area contributed by atoms with E-state index in [2.05, 4.69) is 20.3 Å². The molecule has 5 heteroatoms. The fourth-order valence-electron chi connectivity index (χ4n) is 2.39. The molecule has 0 bridgehead atoms. The van der Waals surface area contributed by atoms with Crippen molar-refractivity contribution in [3.05, 3.63) is 30.1 Å². The molecule has 20 heavy (non-hydrogen) atoms. The highest BCUT2D eigenvalue weighted by molar-refractivity contribution is 5.78. The molecule has 3 rings (SSSR count). The Hall–Kier alpha value is -2.04. The summed E-state index contributed by atoms with van der Waals surface area (Å²) in [4.78, 5) is 12.2. The second-order valence-corrected chi connectivity index (χ2v) is 5.40. The number of imidazole rings is 1. The van der Waals surface area contributed by atoms with Crippen LogP contribution in [0.25, 0.3) is 11.0 Å². The van der Waals surface area contributed by atoms with E-state index in [1.165, 1.54) is 19.3 Å². The van der Waals surface area contributed by atoms with E-state index in [-0.39, 0.29) is 0 Å². The average molecular weight is 271 g/mol. The van der Waals surface area contributed by atoms with E-state index in [1.807, 2.05) is 24.3 Å². The first-order chi connectivity index (χ1) is 9.81. The quantitative estimate of drug-likeness (QED) is 0.573. The topological polar surface area (TPSA) is 79.1 Å². The summed E-state index contributed by atoms with van der Waals surface area (Å²) < 4.78 is 0. The summed E-state index contributed by atoms with van der Waals surface area (Å²) in [7, 11) is 0. The standard InChI is InChI=1S/C15H21N5/c16-15(18-10-11-4-3-5-11)17-9-8-14-19-12-6-1-2-7-13(12)20-14/h1-2,6-7,11H,3-5,8-10H2,(H,19,20)(H3,16,17,18). The third kappa shape index (κ3) is 3.10. The Kier molecular flexibility index (Phi) is 3.85. The average Bonchev–Trinajstić information content (AvgIpc) is 2.79. The zero-order valence-electron chi connectivity index (χ0n) is 11.6. The van der Waals surface area contributed by atoms with Gasteiger partial charge in [-0.3, -0.25) is 4.99 Å². The van der Waals surface area contributed by atoms with Gasteiger partial charge in [-0.05, 0) is 30.9 Å². The lowest BCUT2D eigenvalue weighted by atomic mass is 9.86. The summed E-state index contributed by atoms with van der Waals surface area (Å²) in [6.45, 7) is 1.61. The third-order valence-electron chi connectivity index (χ3n) is 3.85. The number of nitrogens with two attached hydrogens (primary N) is 1. The fourth-order valence-corrected chi connectivity index (χ4v) is 2.39. The highest BCUT2D eigenvalue weighted by Crippen LogP contribution is 2.26. The van der Waals surface area contributed by atoms with Crippen molar-refractivity contribution in [3.8, 4) is 0 Å². The van der Waals surface area contributed by atoms with Crippen molar-refractivity contribution in [3.63, 3.8) is 0 Å². The summed E-state index contributed by atoms with van der Waals surface area (Å²) in [5.74, 6) is 2.28. The van der Waals surface area contributed by atoms with Crippen LogP contribution in [0.5, 0.6) is 0 Å². The van der Waals surface area contributed by atoms with Crippen molar-refractivity contribution in [1.82, 2.24) is 15.3 Å². The number of H-pyrrole nitrogens is 1. The van der Waals surface area contributed by atoms with Gasteiger partial charge < -0.3 is 16.0 Å². The first-order valence-corrected chi connectivity index (χ1v) is 7.28. The molecular weight excluding hydrogens is 250 g/mol. The number of benzene rings is 1. The van der Waals surface area contributed by atoms with E-state index in [9.17, 15) is 0 Å². The van der Waals surface area contributed by atoms with Crippen molar-refractivity contribution < 1.29 is 0 Å². The van der Waals surface area contributed by atoms with Crippen LogP contribution in [0.3, 0.4) is 0 Å². The molecule has 0 unspecified atom stereocenters. The molecule has 2 aromatic rings. The molecule has 1 aromatic carbocycles. The zero-order chi connectivity index (χ0) is 13.8. The van der Waals surface area contributed by atoms with Gasteiger partial charge in [0, 0.05) is 19.5 Å². The number of fused-ring (bicyclic) bond motifs is 1. The molecule has 4 N–H and O–H groups in total. The van der Waals surface area contributed by atoms with Crippen molar-refractivity contribution in [1.29, 1.82) is 0 Å². The molecule has 1 aromatic heterocycles. The van der Waals surface area contributed by atoms with Crippen molar-refractivity contribution >= 4 is 17.0 Å². The monoisotopic (exact) mass is 271 g/mol. The number of para-hydroxylation sites is 2. The Morgan fingerprint density at radius 2 is 2.25 bits per heavy atom. The molecule has 106 valence electrons. The minimum atomic E-state index is 0.549. The SMILES string of the molecule is NC(=NCC1CCC1)NCCc1nc2ccccc2[nH]1. The summed E-state index contributed by atoms with van der Waals surface area (Å²) >= 11 is 0. The van der Waals surface area contributed by atoms with E-state index in [1.54, 1.807) is 0 Å². The van der Waals surface area contributed by atoms with E-state index >= 15 is 0 Å². The van der Waals surface area contributed by atoms with Gasteiger partial charge in [0.1, 0.15) is 5.82 Å². The van der Waals surface area contributed by atoms with Crippen LogP contribution in [0.4, 0.5) is 0 Å². The lowest BCUT2D eigenvalue weighted by Gasteiger charge is -2.23. The van der Waals surface area contributed by atoms with Gasteiger partial charge in [0.15, 0.2) is 5.96 Å². The number of aromatic amines is 1. The van der Waals surface area contributed by atoms with Crippen molar-refractivity contribution in [2.45, 2.75) is 25.7 Å². The van der Waals surface area contributed by atoms with Gasteiger partial charge in [0.2, 0.25) is 0 Å². The minimum Gasteiger partial charge on any atom is -0.370 e. The zero-order valence-corrected chi connectivity index (χ0v) is 11.6. The van der Waals surface area contributed by atoms with Gasteiger partial charge in [-0.15, -0.1) is 0 Å². The Morgan fingerprint density at radius 3 is 3.00 bits per heavy atom. The number of nitrogens with one attached hydrogen (secondary N) is 2. The number of hydrogen-bond donors (Lipinski definition) is 3. The van der Waals surface area contributed by atoms with Crippen LogP contribution in [0.15, 0.2) is 29.3 Å². The summed E-state index contributed by atoms with van der Waals surface area (Å²) in [5.41, 5.74) is 7.93. The Labute approximate surface area is 118 Å². The maximum atomic E-state index is 5.85. The molecule has 5 nitrogen and oxygen atoms in total. The van der Waals surface area contributed by atoms with Crippen LogP contribution < -0.4 is 11.1 Å². The van der Waals surface area contributed by atoms with Crippen LogP contribution in [-0.2, 0) is 6.42 Å². The maximum absolute atomic E-state index is 5.85. The second kappa shape index (κ2) is 5.94. The summed E-state index contributed by atoms with van der Waals surface area (Å²) in [5, 5.41) is 3.15. The first-order valence-electron chi connectivity index (χ1n) is 7.28. The van der Waals surface area contributed by atoms with E-state index in [4.69, 9.17) is 5.73 Å². The van der Waals surface area contributed by atoms with Crippen LogP contribution in [-0.4, -0.2) is 29.0 Å². The van der Waals surface area contributed by atoms with Gasteiger partial charge in [-0.1, -0.05) is 18.6 Å². The molecule has 0 spiro atoms. The van der Waals surface area contributed by atoms with Gasteiger partial charge in [0.25, 0.3) is 0 Å². The Balaban J connectivity index is 1.46. The van der Waals surface area contributed by atoms with Crippen LogP contribution in [0.1, 0.15) is 25.1 Å². The number of nitrogens with zero attached hydrogens (tertiary/aromatic N) is 2. The minimum absolute atomic E-state index is 0.549. The van der Waals surface area contributed by atoms with Crippen LogP contribution in [0, 0.1) is 5.92 Å². The Bertz CT molecular complexity index is 564. The summed E-state index contributed by atoms with van der Waals surface area (Å²) in [6.07, 6.45) is 4.76. The third-order valence-corrected chi connectivity index (χ3v) is 3.85. The van der Waals surface area contributed by atoms with Crippen molar-refractivity contribution in [2.24, 2.45) is 16.6 Å². The molecule has 1 heterocycles. The van der Waals surface area contributed by atoms with Gasteiger partial charge in [0.05, 0.1) is 11.0 Å². The molecule has 0 aliphatic heterocycles. The van der Waals surface area contributed by atoms with Gasteiger partial charge in [-0.2, -0.15) is 0 Å². The summed E-state index contributed by atoms with van der Waals surface area (Å²) in [6, 6.07) is 8.05. The molecule has 0 atom stereocenters. The normalized spacial score (nSPS) is 16.3. The Morgan fingerprint density at radius 1 is 1.40 bits per heavy atom. The predicted molar refractivity (Wildman–Crippen MR) is 81.6 cm³/mol. The van der Waals surface area contributed by atoms with E-state index < -0.39 is 0 Å². The van der Waals surface area contributed by atoms with Crippen LogP contribution >= 0.6 is 0 Å². The van der Waals surface area contributed by atoms with Crippen LogP contribution in [0.2, 0.25) is 0 Å². The first kappa shape index (κ1) is 13.0.